The van der Waals surface area contributed by atoms with Crippen LogP contribution in [0.15, 0.2) is 60.7 Å². The maximum atomic E-state index is 10.7. The van der Waals surface area contributed by atoms with Crippen molar-refractivity contribution in [1.82, 2.24) is 0 Å². The summed E-state index contributed by atoms with van der Waals surface area (Å²) in [6, 6.07) is 19.1. The molecule has 1 N–H and O–H groups in total. The van der Waals surface area contributed by atoms with Crippen LogP contribution in [-0.2, 0) is 15.3 Å². The maximum absolute atomic E-state index is 10.7. The van der Waals surface area contributed by atoms with Gasteiger partial charge in [-0.1, -0.05) is 60.7 Å². The Labute approximate surface area is 112 Å². The van der Waals surface area contributed by atoms with Crippen molar-refractivity contribution in [2.24, 2.45) is 0 Å². The van der Waals surface area contributed by atoms with E-state index in [1.807, 2.05) is 60.7 Å². The van der Waals surface area contributed by atoms with Gasteiger partial charge < -0.3 is 14.6 Å². The second-order valence-electron chi connectivity index (χ2n) is 4.54. The van der Waals surface area contributed by atoms with Gasteiger partial charge in [-0.25, -0.2) is 0 Å². The number of hydrogen-bond donors (Lipinski definition) is 1. The normalized spacial score (nSPS) is 19.2. The molecule has 2 aromatic carbocycles. The van der Waals surface area contributed by atoms with Gasteiger partial charge in [-0.3, -0.25) is 0 Å². The molecule has 1 fully saturated rings. The van der Waals surface area contributed by atoms with Gasteiger partial charge in [-0.15, -0.1) is 0 Å². The van der Waals surface area contributed by atoms with Gasteiger partial charge in [-0.2, -0.15) is 0 Å². The van der Waals surface area contributed by atoms with Crippen LogP contribution in [0.5, 0.6) is 0 Å². The Morgan fingerprint density at radius 3 is 1.95 bits per heavy atom. The molecule has 3 nitrogen and oxygen atoms in total. The van der Waals surface area contributed by atoms with Crippen molar-refractivity contribution >= 4 is 0 Å². The highest BCUT2D eigenvalue weighted by Gasteiger charge is 2.46. The van der Waals surface area contributed by atoms with Crippen molar-refractivity contribution in [3.8, 4) is 0 Å². The van der Waals surface area contributed by atoms with Crippen LogP contribution in [0.4, 0.5) is 0 Å². The highest BCUT2D eigenvalue weighted by molar-refractivity contribution is 5.28. The minimum Gasteiger partial charge on any atom is -0.382 e. The molecular weight excluding hydrogens is 240 g/mol. The monoisotopic (exact) mass is 256 g/mol. The number of rotatable bonds is 3. The number of ether oxygens (including phenoxy) is 2. The Kier molecular flexibility index (Phi) is 3.34. The predicted octanol–water partition coefficient (Wildman–Crippen LogP) is 2.62. The predicted molar refractivity (Wildman–Crippen MR) is 71.4 cm³/mol. The second kappa shape index (κ2) is 5.13. The summed E-state index contributed by atoms with van der Waals surface area (Å²) >= 11 is 0. The molecule has 98 valence electrons. The van der Waals surface area contributed by atoms with E-state index in [0.29, 0.717) is 13.2 Å². The molecule has 0 spiro atoms. The summed E-state index contributed by atoms with van der Waals surface area (Å²) < 4.78 is 11.5. The van der Waals surface area contributed by atoms with Crippen LogP contribution in [0, 0.1) is 0 Å². The largest absolute Gasteiger partial charge is 0.382 e. The fourth-order valence-electron chi connectivity index (χ4n) is 2.44. The van der Waals surface area contributed by atoms with Gasteiger partial charge in [-0.05, 0) is 5.56 Å². The lowest BCUT2D eigenvalue weighted by molar-refractivity contribution is -0.232. The van der Waals surface area contributed by atoms with Crippen molar-refractivity contribution in [1.29, 1.82) is 0 Å². The van der Waals surface area contributed by atoms with Gasteiger partial charge in [0.25, 0.3) is 0 Å². The third-order valence-electron chi connectivity index (χ3n) is 3.37. The van der Waals surface area contributed by atoms with E-state index >= 15 is 0 Å². The van der Waals surface area contributed by atoms with Crippen molar-refractivity contribution in [3.63, 3.8) is 0 Å². The maximum Gasteiger partial charge on any atom is 0.226 e. The van der Waals surface area contributed by atoms with Crippen LogP contribution in [-0.4, -0.2) is 18.3 Å². The van der Waals surface area contributed by atoms with E-state index in [-0.39, 0.29) is 0 Å². The van der Waals surface area contributed by atoms with E-state index in [2.05, 4.69) is 0 Å². The van der Waals surface area contributed by atoms with Crippen molar-refractivity contribution < 1.29 is 14.6 Å². The molecule has 0 aromatic heterocycles. The van der Waals surface area contributed by atoms with Gasteiger partial charge in [0.2, 0.25) is 5.79 Å². The van der Waals surface area contributed by atoms with Gasteiger partial charge in [0.1, 0.15) is 6.10 Å². The minimum atomic E-state index is -1.09. The van der Waals surface area contributed by atoms with E-state index < -0.39 is 11.9 Å². The van der Waals surface area contributed by atoms with E-state index in [1.165, 1.54) is 0 Å². The zero-order valence-corrected chi connectivity index (χ0v) is 10.5. The quantitative estimate of drug-likeness (QED) is 0.917. The lowest BCUT2D eigenvalue weighted by atomic mass is 9.94. The van der Waals surface area contributed by atoms with Crippen molar-refractivity contribution in [3.05, 3.63) is 71.8 Å². The van der Waals surface area contributed by atoms with Gasteiger partial charge >= 0.3 is 0 Å². The topological polar surface area (TPSA) is 38.7 Å². The Hall–Kier alpha value is -1.68. The molecule has 1 atom stereocenters. The molecule has 0 unspecified atom stereocenters. The van der Waals surface area contributed by atoms with Crippen molar-refractivity contribution in [2.45, 2.75) is 11.9 Å². The zero-order valence-electron chi connectivity index (χ0n) is 10.5. The average molecular weight is 256 g/mol. The third-order valence-corrected chi connectivity index (χ3v) is 3.37. The summed E-state index contributed by atoms with van der Waals surface area (Å²) in [6.07, 6.45) is -0.849. The number of aliphatic hydroxyl groups excluding tert-OH is 1. The van der Waals surface area contributed by atoms with Gasteiger partial charge in [0.15, 0.2) is 0 Å². The molecule has 0 radical (unpaired) electrons. The lowest BCUT2D eigenvalue weighted by Gasteiger charge is -2.32. The molecule has 1 aliphatic heterocycles. The van der Waals surface area contributed by atoms with Crippen LogP contribution >= 0.6 is 0 Å². The molecule has 0 amide bonds. The molecule has 3 rings (SSSR count). The van der Waals surface area contributed by atoms with Crippen molar-refractivity contribution in [2.75, 3.05) is 13.2 Å². The van der Waals surface area contributed by atoms with E-state index in [4.69, 9.17) is 9.47 Å². The van der Waals surface area contributed by atoms with Crippen LogP contribution < -0.4 is 0 Å². The summed E-state index contributed by atoms with van der Waals surface area (Å²) in [5.74, 6) is -1.09. The highest BCUT2D eigenvalue weighted by Crippen LogP contribution is 2.42. The first-order valence-corrected chi connectivity index (χ1v) is 6.39. The molecule has 0 bridgehead atoms. The molecule has 2 aromatic rings. The molecule has 19 heavy (non-hydrogen) atoms. The zero-order chi connectivity index (χ0) is 13.1. The molecule has 0 saturated carbocycles. The smallest absolute Gasteiger partial charge is 0.226 e. The van der Waals surface area contributed by atoms with E-state index in [9.17, 15) is 5.11 Å². The molecule has 1 aliphatic rings. The summed E-state index contributed by atoms with van der Waals surface area (Å²) in [4.78, 5) is 0. The van der Waals surface area contributed by atoms with Crippen LogP contribution in [0.1, 0.15) is 17.2 Å². The number of hydrogen-bond acceptors (Lipinski definition) is 3. The molecular formula is C16H16O3. The van der Waals surface area contributed by atoms with Crippen LogP contribution in [0.25, 0.3) is 0 Å². The summed E-state index contributed by atoms with van der Waals surface area (Å²) in [5.41, 5.74) is 1.62. The minimum absolute atomic E-state index is 0.485. The fraction of sp³-hybridized carbons (Fsp3) is 0.250. The summed E-state index contributed by atoms with van der Waals surface area (Å²) in [6.45, 7) is 0.970. The van der Waals surface area contributed by atoms with Crippen LogP contribution in [0.3, 0.4) is 0 Å². The first-order valence-electron chi connectivity index (χ1n) is 6.39. The number of aliphatic hydroxyl groups is 1. The second-order valence-corrected chi connectivity index (χ2v) is 4.54. The Morgan fingerprint density at radius 1 is 0.842 bits per heavy atom. The van der Waals surface area contributed by atoms with Gasteiger partial charge in [0, 0.05) is 5.56 Å². The fourth-order valence-corrected chi connectivity index (χ4v) is 2.44. The van der Waals surface area contributed by atoms with E-state index in [0.717, 1.165) is 11.1 Å². The van der Waals surface area contributed by atoms with Crippen LogP contribution in [0.2, 0.25) is 0 Å². The summed E-state index contributed by atoms with van der Waals surface area (Å²) in [7, 11) is 0. The SMILES string of the molecule is O[C@@H](c1ccccc1)C1(c2ccccc2)OCCO1. The standard InChI is InChI=1S/C16H16O3/c17-15(13-7-3-1-4-8-13)16(18-11-12-19-16)14-9-5-2-6-10-14/h1-10,15,17H,11-12H2/t15-/m0/s1. The van der Waals surface area contributed by atoms with Gasteiger partial charge in [0.05, 0.1) is 13.2 Å². The molecule has 0 aliphatic carbocycles. The Bertz CT molecular complexity index is 518. The molecule has 3 heteroatoms. The highest BCUT2D eigenvalue weighted by atomic mass is 16.7. The lowest BCUT2D eigenvalue weighted by Crippen LogP contribution is -2.34. The Balaban J connectivity index is 2.02. The first kappa shape index (κ1) is 12.4. The first-order chi connectivity index (χ1) is 9.33. The Morgan fingerprint density at radius 2 is 1.37 bits per heavy atom. The number of benzene rings is 2. The summed E-state index contributed by atoms with van der Waals surface area (Å²) in [5, 5.41) is 10.7. The average Bonchev–Trinajstić information content (AvgIpc) is 2.99. The molecule has 1 saturated heterocycles. The third kappa shape index (κ3) is 2.16. The van der Waals surface area contributed by atoms with E-state index in [1.54, 1.807) is 0 Å². The molecule has 1 heterocycles.